The summed E-state index contributed by atoms with van der Waals surface area (Å²) in [4.78, 5) is 6.27. The quantitative estimate of drug-likeness (QED) is 0.528. The molecule has 3 aromatic rings. The van der Waals surface area contributed by atoms with E-state index in [-0.39, 0.29) is 5.82 Å². The highest BCUT2D eigenvalue weighted by molar-refractivity contribution is 5.82. The summed E-state index contributed by atoms with van der Waals surface area (Å²) >= 11 is 0. The van der Waals surface area contributed by atoms with Crippen LogP contribution in [0.15, 0.2) is 36.0 Å². The molecule has 2 aliphatic rings. The summed E-state index contributed by atoms with van der Waals surface area (Å²) in [6, 6.07) is 5.23. The van der Waals surface area contributed by atoms with E-state index < -0.39 is 30.7 Å². The molecule has 1 aromatic carbocycles. The van der Waals surface area contributed by atoms with Crippen LogP contribution in [-0.2, 0) is 4.74 Å². The van der Waals surface area contributed by atoms with E-state index in [0.29, 0.717) is 35.0 Å². The van der Waals surface area contributed by atoms with Crippen LogP contribution in [0.5, 0.6) is 0 Å². The van der Waals surface area contributed by atoms with Crippen molar-refractivity contribution < 1.29 is 17.9 Å². The second kappa shape index (κ2) is 7.97. The molecule has 1 aliphatic heterocycles. The Hall–Kier alpha value is -3.23. The summed E-state index contributed by atoms with van der Waals surface area (Å²) in [5.74, 6) is -2.04. The third kappa shape index (κ3) is 3.79. The van der Waals surface area contributed by atoms with Gasteiger partial charge in [0.1, 0.15) is 23.0 Å². The van der Waals surface area contributed by atoms with Gasteiger partial charge < -0.3 is 15.4 Å². The third-order valence-corrected chi connectivity index (χ3v) is 6.46. The summed E-state index contributed by atoms with van der Waals surface area (Å²) in [7, 11) is 0. The molecule has 2 fully saturated rings. The van der Waals surface area contributed by atoms with Crippen LogP contribution in [0.4, 0.5) is 24.8 Å². The topological polar surface area (TPSA) is 68.7 Å². The number of rotatable bonds is 5. The Bertz CT molecular complexity index is 1250. The number of aromatic nitrogens is 3. The average molecular weight is 458 g/mol. The zero-order valence-corrected chi connectivity index (χ0v) is 18.6. The van der Waals surface area contributed by atoms with Crippen molar-refractivity contribution in [1.29, 1.82) is 0 Å². The Kier molecular flexibility index (Phi) is 5.22. The average Bonchev–Trinajstić information content (AvgIpc) is 3.22. The molecule has 1 atom stereocenters. The summed E-state index contributed by atoms with van der Waals surface area (Å²) in [5, 5.41) is 4.36. The van der Waals surface area contributed by atoms with Crippen LogP contribution in [0.25, 0.3) is 11.4 Å². The SMILES string of the molecule is CCOC(=C1CCC1)c1c(N)nn2ccc(N3CC(F)(F)CC3c3cc(F)ccc3C)nc12. The molecular formula is C24H26F3N5O. The highest BCUT2D eigenvalue weighted by atomic mass is 19.3. The Balaban J connectivity index is 1.62. The summed E-state index contributed by atoms with van der Waals surface area (Å²) in [6.45, 7) is 3.66. The normalized spacial score (nSPS) is 19.7. The highest BCUT2D eigenvalue weighted by Gasteiger charge is 2.46. The number of nitrogens with zero attached hydrogens (tertiary/aromatic N) is 4. The first-order valence-corrected chi connectivity index (χ1v) is 11.2. The molecule has 3 heterocycles. The van der Waals surface area contributed by atoms with Gasteiger partial charge in [-0.05, 0) is 68.0 Å². The molecular weight excluding hydrogens is 431 g/mol. The van der Waals surface area contributed by atoms with Crippen LogP contribution in [0, 0.1) is 12.7 Å². The number of anilines is 2. The molecule has 5 rings (SSSR count). The Morgan fingerprint density at radius 1 is 1.27 bits per heavy atom. The van der Waals surface area contributed by atoms with Crippen molar-refractivity contribution in [3.8, 4) is 0 Å². The lowest BCUT2D eigenvalue weighted by atomic mass is 9.89. The first-order chi connectivity index (χ1) is 15.8. The van der Waals surface area contributed by atoms with E-state index in [1.165, 1.54) is 12.1 Å². The third-order valence-electron chi connectivity index (χ3n) is 6.46. The fourth-order valence-corrected chi connectivity index (χ4v) is 4.70. The summed E-state index contributed by atoms with van der Waals surface area (Å²) < 4.78 is 50.7. The fraction of sp³-hybridized carbons (Fsp3) is 0.417. The van der Waals surface area contributed by atoms with Crippen LogP contribution >= 0.6 is 0 Å². The van der Waals surface area contributed by atoms with Gasteiger partial charge in [-0.2, -0.15) is 0 Å². The van der Waals surface area contributed by atoms with Crippen molar-refractivity contribution in [1.82, 2.24) is 14.6 Å². The second-order valence-corrected chi connectivity index (χ2v) is 8.74. The Morgan fingerprint density at radius 3 is 2.76 bits per heavy atom. The van der Waals surface area contributed by atoms with Crippen molar-refractivity contribution in [3.05, 3.63) is 58.5 Å². The molecule has 9 heteroatoms. The van der Waals surface area contributed by atoms with Gasteiger partial charge in [-0.1, -0.05) is 6.07 Å². The number of hydrogen-bond acceptors (Lipinski definition) is 5. The number of nitrogen functional groups attached to an aromatic ring is 1. The van der Waals surface area contributed by atoms with Crippen molar-refractivity contribution in [2.75, 3.05) is 23.8 Å². The van der Waals surface area contributed by atoms with Gasteiger partial charge in [0.25, 0.3) is 5.92 Å². The fourth-order valence-electron chi connectivity index (χ4n) is 4.70. The first-order valence-electron chi connectivity index (χ1n) is 11.2. The van der Waals surface area contributed by atoms with E-state index in [2.05, 4.69) is 5.10 Å². The van der Waals surface area contributed by atoms with Crippen LogP contribution in [0.2, 0.25) is 0 Å². The largest absolute Gasteiger partial charge is 0.493 e. The molecule has 2 aromatic heterocycles. The molecule has 0 spiro atoms. The summed E-state index contributed by atoms with van der Waals surface area (Å²) in [6.07, 6.45) is 4.18. The molecule has 1 unspecified atom stereocenters. The predicted octanol–water partition coefficient (Wildman–Crippen LogP) is 5.28. The molecule has 6 nitrogen and oxygen atoms in total. The van der Waals surface area contributed by atoms with E-state index >= 15 is 0 Å². The van der Waals surface area contributed by atoms with Crippen molar-refractivity contribution >= 4 is 23.0 Å². The molecule has 174 valence electrons. The monoisotopic (exact) mass is 457 g/mol. The number of halogens is 3. The zero-order valence-electron chi connectivity index (χ0n) is 18.6. The standard InChI is InChI=1S/C24H26F3N5O/c1-3-33-21(15-5-4-6-15)20-22(28)30-32-10-9-19(29-23(20)32)31-13-24(26,27)12-18(31)17-11-16(25)8-7-14(17)2/h7-11,18H,3-6,12-13H2,1-2H3,(H2,28,30). The van der Waals surface area contributed by atoms with Crippen molar-refractivity contribution in [2.45, 2.75) is 51.5 Å². The lowest BCUT2D eigenvalue weighted by molar-refractivity contribution is 0.0222. The smallest absolute Gasteiger partial charge is 0.267 e. The maximum absolute atomic E-state index is 14.6. The number of alkyl halides is 2. The second-order valence-electron chi connectivity index (χ2n) is 8.74. The first kappa shape index (κ1) is 21.6. The molecule has 1 saturated carbocycles. The molecule has 1 saturated heterocycles. The maximum atomic E-state index is 14.6. The number of benzene rings is 1. The highest BCUT2D eigenvalue weighted by Crippen LogP contribution is 2.44. The molecule has 1 aliphatic carbocycles. The van der Waals surface area contributed by atoms with Gasteiger partial charge in [0.05, 0.1) is 19.2 Å². The number of hydrogen-bond donors (Lipinski definition) is 1. The van der Waals surface area contributed by atoms with Gasteiger partial charge >= 0.3 is 0 Å². The van der Waals surface area contributed by atoms with E-state index in [0.717, 1.165) is 30.4 Å². The van der Waals surface area contributed by atoms with Gasteiger partial charge in [0, 0.05) is 12.6 Å². The number of fused-ring (bicyclic) bond motifs is 1. The molecule has 2 N–H and O–H groups in total. The van der Waals surface area contributed by atoms with Crippen LogP contribution in [-0.4, -0.2) is 33.7 Å². The molecule has 0 amide bonds. The zero-order chi connectivity index (χ0) is 23.3. The van der Waals surface area contributed by atoms with E-state index in [1.54, 1.807) is 34.7 Å². The Labute approximate surface area is 189 Å². The van der Waals surface area contributed by atoms with Gasteiger partial charge in [-0.15, -0.1) is 5.10 Å². The van der Waals surface area contributed by atoms with Crippen LogP contribution in [0.1, 0.15) is 55.3 Å². The van der Waals surface area contributed by atoms with Gasteiger partial charge in [-0.25, -0.2) is 22.7 Å². The van der Waals surface area contributed by atoms with E-state index in [4.69, 9.17) is 15.5 Å². The lowest BCUT2D eigenvalue weighted by Gasteiger charge is -2.26. The van der Waals surface area contributed by atoms with Crippen LogP contribution < -0.4 is 10.6 Å². The minimum atomic E-state index is -2.93. The van der Waals surface area contributed by atoms with Gasteiger partial charge in [0.2, 0.25) is 0 Å². The van der Waals surface area contributed by atoms with Gasteiger partial charge in [-0.3, -0.25) is 0 Å². The predicted molar refractivity (Wildman–Crippen MR) is 121 cm³/mol. The minimum absolute atomic E-state index is 0.284. The molecule has 33 heavy (non-hydrogen) atoms. The van der Waals surface area contributed by atoms with Crippen molar-refractivity contribution in [3.63, 3.8) is 0 Å². The number of aryl methyl sites for hydroxylation is 1. The minimum Gasteiger partial charge on any atom is -0.493 e. The Morgan fingerprint density at radius 2 is 2.06 bits per heavy atom. The number of ether oxygens (including phenoxy) is 1. The molecule has 0 radical (unpaired) electrons. The summed E-state index contributed by atoms with van der Waals surface area (Å²) in [5.41, 5.74) is 9.74. The van der Waals surface area contributed by atoms with E-state index in [9.17, 15) is 13.2 Å². The van der Waals surface area contributed by atoms with Crippen LogP contribution in [0.3, 0.4) is 0 Å². The van der Waals surface area contributed by atoms with E-state index in [1.807, 2.05) is 6.92 Å². The van der Waals surface area contributed by atoms with Crippen molar-refractivity contribution in [2.24, 2.45) is 0 Å². The lowest BCUT2D eigenvalue weighted by Crippen LogP contribution is -2.27. The number of allylic oxidation sites excluding steroid dienone is 1. The maximum Gasteiger partial charge on any atom is 0.267 e. The number of nitrogens with two attached hydrogens (primary N) is 1. The molecule has 0 bridgehead atoms. The van der Waals surface area contributed by atoms with Gasteiger partial charge in [0.15, 0.2) is 11.5 Å².